The monoisotopic (exact) mass is 485 g/mol. The molecule has 0 aliphatic rings. The second-order valence-corrected chi connectivity index (χ2v) is 6.83. The van der Waals surface area contributed by atoms with E-state index in [1.54, 1.807) is 20.4 Å². The van der Waals surface area contributed by atoms with E-state index in [0.29, 0.717) is 10.9 Å². The first-order valence-corrected chi connectivity index (χ1v) is 8.76. The van der Waals surface area contributed by atoms with E-state index in [9.17, 15) is 4.55 Å². The number of aryl methyl sites for hydroxylation is 1. The molecule has 2 aromatic heterocycles. The van der Waals surface area contributed by atoms with E-state index in [1.807, 2.05) is 32.0 Å². The Hall–Kier alpha value is -0.679. The van der Waals surface area contributed by atoms with Gasteiger partial charge in [-0.1, -0.05) is 0 Å². The fraction of sp³-hybridized carbons (Fsp3) is 0.294. The molecule has 0 spiro atoms. The van der Waals surface area contributed by atoms with E-state index in [1.165, 1.54) is 0 Å². The molecule has 0 aliphatic heterocycles. The molecule has 25 heavy (non-hydrogen) atoms. The third-order valence-corrected chi connectivity index (χ3v) is 5.06. The van der Waals surface area contributed by atoms with E-state index in [0.717, 1.165) is 33.6 Å². The molecule has 1 aromatic carbocycles. The van der Waals surface area contributed by atoms with Crippen molar-refractivity contribution in [2.24, 2.45) is 0 Å². The predicted molar refractivity (Wildman–Crippen MR) is 102 cm³/mol. The molecule has 1 atom stereocenters. The molecule has 0 radical (unpaired) electrons. The van der Waals surface area contributed by atoms with Gasteiger partial charge in [0.25, 0.3) is 0 Å². The molecule has 1 N–H and O–H groups in total. The molecule has 0 fully saturated rings. The van der Waals surface area contributed by atoms with Gasteiger partial charge in [0.15, 0.2) is 5.75 Å². The Morgan fingerprint density at radius 3 is 2.64 bits per heavy atom. The van der Waals surface area contributed by atoms with Crippen LogP contribution in [0.5, 0.6) is 11.5 Å². The van der Waals surface area contributed by atoms with E-state index in [4.69, 9.17) is 9.47 Å². The summed E-state index contributed by atoms with van der Waals surface area (Å²) < 4.78 is 23.3. The van der Waals surface area contributed by atoms with Crippen molar-refractivity contribution in [2.75, 3.05) is 14.2 Å². The minimum absolute atomic E-state index is 0. The molecular formula is C17H21BaN3O3S. The van der Waals surface area contributed by atoms with Gasteiger partial charge in [0.05, 0.1) is 30.9 Å². The van der Waals surface area contributed by atoms with Crippen LogP contribution < -0.4 is 9.47 Å². The van der Waals surface area contributed by atoms with Crippen LogP contribution in [0.1, 0.15) is 16.8 Å². The number of imidazole rings is 1. The second kappa shape index (κ2) is 8.81. The van der Waals surface area contributed by atoms with Gasteiger partial charge in [-0.15, -0.1) is 0 Å². The molecule has 8 heteroatoms. The summed E-state index contributed by atoms with van der Waals surface area (Å²) in [6.45, 7) is 3.86. The van der Waals surface area contributed by atoms with Crippen LogP contribution in [0, 0.1) is 13.8 Å². The molecule has 3 rings (SSSR count). The van der Waals surface area contributed by atoms with Gasteiger partial charge in [-0.05, 0) is 26.0 Å². The predicted octanol–water partition coefficient (Wildman–Crippen LogP) is 1.98. The fourth-order valence-corrected chi connectivity index (χ4v) is 3.71. The van der Waals surface area contributed by atoms with Crippen molar-refractivity contribution in [2.45, 2.75) is 24.8 Å². The number of aromatic amines is 1. The van der Waals surface area contributed by atoms with Crippen molar-refractivity contribution in [3.63, 3.8) is 0 Å². The molecule has 0 saturated carbocycles. The van der Waals surface area contributed by atoms with Crippen LogP contribution in [-0.4, -0.2) is 82.6 Å². The number of aromatic nitrogens is 3. The maximum absolute atomic E-state index is 12.7. The Morgan fingerprint density at radius 1 is 1.20 bits per heavy atom. The Labute approximate surface area is 190 Å². The summed E-state index contributed by atoms with van der Waals surface area (Å²) in [6, 6.07) is 5.51. The average molecular weight is 485 g/mol. The van der Waals surface area contributed by atoms with Gasteiger partial charge in [0, 0.05) is 34.6 Å². The van der Waals surface area contributed by atoms with E-state index in [-0.39, 0.29) is 54.6 Å². The second-order valence-electron chi connectivity index (χ2n) is 5.46. The third-order valence-electron chi connectivity index (χ3n) is 3.90. The minimum atomic E-state index is -1.33. The van der Waals surface area contributed by atoms with Crippen LogP contribution in [0.2, 0.25) is 0 Å². The fourth-order valence-electron chi connectivity index (χ4n) is 2.61. The molecule has 130 valence electrons. The van der Waals surface area contributed by atoms with Crippen LogP contribution in [-0.2, 0) is 16.9 Å². The number of rotatable bonds is 5. The van der Waals surface area contributed by atoms with Crippen molar-refractivity contribution < 1.29 is 14.0 Å². The number of nitrogens with zero attached hydrogens (tertiary/aromatic N) is 2. The van der Waals surface area contributed by atoms with E-state index in [2.05, 4.69) is 15.0 Å². The van der Waals surface area contributed by atoms with Crippen molar-refractivity contribution in [1.82, 2.24) is 15.0 Å². The Balaban J connectivity index is 0.00000225. The van der Waals surface area contributed by atoms with Gasteiger partial charge in [-0.3, -0.25) is 9.97 Å². The zero-order chi connectivity index (χ0) is 17.3. The molecule has 3 aromatic rings. The topological polar surface area (TPSA) is 83.1 Å². The first kappa shape index (κ1) is 20.6. The molecular weight excluding hydrogens is 464 g/mol. The summed E-state index contributed by atoms with van der Waals surface area (Å²) in [5.74, 6) is 1.78. The van der Waals surface area contributed by atoms with Gasteiger partial charge in [-0.25, -0.2) is 0 Å². The number of hydrogen-bond acceptors (Lipinski definition) is 5. The van der Waals surface area contributed by atoms with Gasteiger partial charge in [0.1, 0.15) is 11.5 Å². The Morgan fingerprint density at radius 2 is 1.96 bits per heavy atom. The summed E-state index contributed by atoms with van der Waals surface area (Å²) >= 11 is -1.33. The van der Waals surface area contributed by atoms with Gasteiger partial charge < -0.3 is 14.0 Å². The van der Waals surface area contributed by atoms with E-state index < -0.39 is 11.2 Å². The van der Waals surface area contributed by atoms with Crippen LogP contribution in [0.4, 0.5) is 0 Å². The first-order chi connectivity index (χ1) is 11.5. The van der Waals surface area contributed by atoms with E-state index >= 15 is 0 Å². The number of pyridine rings is 1. The molecule has 1 unspecified atom stereocenters. The number of nitrogens with one attached hydrogen (secondary N) is 1. The number of H-pyrrole nitrogens is 1. The normalized spacial score (nSPS) is 11.9. The summed E-state index contributed by atoms with van der Waals surface area (Å²) in [5.41, 5.74) is 4.16. The Bertz CT molecular complexity index is 885. The molecule has 0 aliphatic carbocycles. The summed E-state index contributed by atoms with van der Waals surface area (Å²) in [5, 5.41) is 0.430. The summed E-state index contributed by atoms with van der Waals surface area (Å²) in [7, 11) is 3.23. The number of benzene rings is 1. The van der Waals surface area contributed by atoms with Gasteiger partial charge >= 0.3 is 54.0 Å². The van der Waals surface area contributed by atoms with Crippen molar-refractivity contribution in [3.05, 3.63) is 41.2 Å². The molecule has 0 amide bonds. The summed E-state index contributed by atoms with van der Waals surface area (Å²) in [4.78, 5) is 11.9. The summed E-state index contributed by atoms with van der Waals surface area (Å²) in [6.07, 6.45) is 1.74. The van der Waals surface area contributed by atoms with Gasteiger partial charge in [-0.2, -0.15) is 4.98 Å². The molecule has 0 bridgehead atoms. The molecule has 6 nitrogen and oxygen atoms in total. The zero-order valence-electron chi connectivity index (χ0n) is 14.0. The Kier molecular flexibility index (Phi) is 7.27. The number of methoxy groups -OCH3 is 2. The third kappa shape index (κ3) is 4.36. The van der Waals surface area contributed by atoms with Crippen LogP contribution in [0.25, 0.3) is 11.0 Å². The quantitative estimate of drug-likeness (QED) is 0.442. The van der Waals surface area contributed by atoms with Crippen molar-refractivity contribution in [3.8, 4) is 11.5 Å². The van der Waals surface area contributed by atoms with Crippen LogP contribution >= 0.6 is 0 Å². The zero-order valence-corrected chi connectivity index (χ0v) is 14.9. The standard InChI is InChI=1S/C17H19N3O3S.Ba.2H/c1-10-8-18-15(11(2)16(10)23-4)9-24(21)17-19-13-6-5-12(22-3)7-14(13)20-17;;;/h5-8H,9H2,1-4H3,(H,19,20);;;. The van der Waals surface area contributed by atoms with Crippen LogP contribution in [0.15, 0.2) is 29.6 Å². The number of ether oxygens (including phenoxy) is 2. The SMILES string of the molecule is COc1ccc2[nH]c([S+]([O-])Cc3ncc(C)c(OC)c3C)nc2c1.[BaH2]. The average Bonchev–Trinajstić information content (AvgIpc) is 3.01. The molecule has 0 saturated heterocycles. The van der Waals surface area contributed by atoms with Crippen LogP contribution in [0.3, 0.4) is 0 Å². The number of hydrogen-bond donors (Lipinski definition) is 1. The maximum atomic E-state index is 12.7. The molecule has 2 heterocycles. The first-order valence-electron chi connectivity index (χ1n) is 7.44. The number of fused-ring (bicyclic) bond motifs is 1. The van der Waals surface area contributed by atoms with Gasteiger partial charge in [0.2, 0.25) is 0 Å². The van der Waals surface area contributed by atoms with Crippen molar-refractivity contribution in [1.29, 1.82) is 0 Å². The van der Waals surface area contributed by atoms with Crippen molar-refractivity contribution >= 4 is 71.1 Å².